The van der Waals surface area contributed by atoms with Crippen LogP contribution >= 0.6 is 23.2 Å². The van der Waals surface area contributed by atoms with Crippen LogP contribution in [0.3, 0.4) is 0 Å². The van der Waals surface area contributed by atoms with Gasteiger partial charge in [0.2, 0.25) is 0 Å². The molecule has 1 aliphatic heterocycles. The highest BCUT2D eigenvalue weighted by Crippen LogP contribution is 2.33. The molecule has 0 radical (unpaired) electrons. The van der Waals surface area contributed by atoms with E-state index >= 15 is 0 Å². The minimum absolute atomic E-state index is 0.0755. The van der Waals surface area contributed by atoms with Gasteiger partial charge in [-0.2, -0.15) is 0 Å². The van der Waals surface area contributed by atoms with Gasteiger partial charge < -0.3 is 15.4 Å². The van der Waals surface area contributed by atoms with Crippen molar-refractivity contribution in [2.45, 2.75) is 13.8 Å². The predicted octanol–water partition coefficient (Wildman–Crippen LogP) is 5.87. The molecule has 0 spiro atoms. The van der Waals surface area contributed by atoms with Crippen molar-refractivity contribution in [1.29, 1.82) is 0 Å². The second-order valence-corrected chi connectivity index (χ2v) is 8.58. The van der Waals surface area contributed by atoms with Gasteiger partial charge in [0.05, 0.1) is 17.3 Å². The molecule has 0 saturated carbocycles. The maximum atomic E-state index is 13.5. The van der Waals surface area contributed by atoms with Crippen molar-refractivity contribution in [3.63, 3.8) is 0 Å². The number of halogens is 3. The number of nitrogens with one attached hydrogen (secondary N) is 2. The highest BCUT2D eigenvalue weighted by Gasteiger charge is 2.39. The second kappa shape index (κ2) is 10.4. The van der Waals surface area contributed by atoms with Gasteiger partial charge in [-0.15, -0.1) is 0 Å². The second-order valence-electron chi connectivity index (χ2n) is 7.80. The molecule has 0 fully saturated rings. The highest BCUT2D eigenvalue weighted by atomic mass is 35.5. The first-order valence-corrected chi connectivity index (χ1v) is 11.6. The Kier molecular flexibility index (Phi) is 7.28. The van der Waals surface area contributed by atoms with Crippen LogP contribution in [0.1, 0.15) is 22.8 Å². The summed E-state index contributed by atoms with van der Waals surface area (Å²) in [5, 5.41) is 5.09. The first-order chi connectivity index (χ1) is 17.2. The zero-order valence-electron chi connectivity index (χ0n) is 19.2. The molecule has 4 rings (SSSR count). The van der Waals surface area contributed by atoms with E-state index in [1.807, 2.05) is 6.92 Å². The first-order valence-electron chi connectivity index (χ1n) is 10.8. The number of ether oxygens (including phenoxy) is 1. The van der Waals surface area contributed by atoms with Crippen molar-refractivity contribution in [3.8, 4) is 5.75 Å². The molecule has 36 heavy (non-hydrogen) atoms. The van der Waals surface area contributed by atoms with Crippen molar-refractivity contribution in [2.24, 2.45) is 0 Å². The van der Waals surface area contributed by atoms with Gasteiger partial charge in [-0.3, -0.25) is 14.4 Å². The largest absolute Gasteiger partial charge is 0.494 e. The summed E-state index contributed by atoms with van der Waals surface area (Å²) in [6, 6.07) is 15.3. The average Bonchev–Trinajstić information content (AvgIpc) is 3.06. The van der Waals surface area contributed by atoms with E-state index < -0.39 is 17.6 Å². The fourth-order valence-corrected chi connectivity index (χ4v) is 3.89. The molecule has 2 N–H and O–H groups in total. The van der Waals surface area contributed by atoms with Crippen LogP contribution in [0.25, 0.3) is 0 Å². The lowest BCUT2D eigenvalue weighted by Gasteiger charge is -2.16. The third-order valence-corrected chi connectivity index (χ3v) is 6.01. The quantitative estimate of drug-likeness (QED) is 0.375. The number of carbonyl (C=O) groups is 3. The number of amides is 3. The summed E-state index contributed by atoms with van der Waals surface area (Å²) in [7, 11) is 0. The summed E-state index contributed by atoms with van der Waals surface area (Å²) in [5.74, 6) is -1.90. The number of aryl methyl sites for hydroxylation is 1. The fourth-order valence-electron chi connectivity index (χ4n) is 3.51. The molecular weight excluding hydrogens is 508 g/mol. The molecule has 0 bridgehead atoms. The number of imide groups is 1. The molecule has 3 aromatic rings. The van der Waals surface area contributed by atoms with E-state index in [2.05, 4.69) is 10.6 Å². The van der Waals surface area contributed by atoms with Crippen LogP contribution in [0.5, 0.6) is 5.75 Å². The van der Waals surface area contributed by atoms with E-state index in [0.29, 0.717) is 34.9 Å². The first kappa shape index (κ1) is 25.2. The van der Waals surface area contributed by atoms with Crippen molar-refractivity contribution < 1.29 is 23.5 Å². The number of hydrogen-bond donors (Lipinski definition) is 2. The molecule has 10 heteroatoms. The Morgan fingerprint density at radius 3 is 2.39 bits per heavy atom. The van der Waals surface area contributed by atoms with Crippen LogP contribution in [0, 0.1) is 12.7 Å². The Morgan fingerprint density at radius 2 is 1.72 bits per heavy atom. The summed E-state index contributed by atoms with van der Waals surface area (Å²) in [6.45, 7) is 4.19. The zero-order valence-corrected chi connectivity index (χ0v) is 20.7. The van der Waals surface area contributed by atoms with E-state index in [9.17, 15) is 18.8 Å². The molecule has 0 saturated heterocycles. The van der Waals surface area contributed by atoms with Crippen molar-refractivity contribution in [2.75, 3.05) is 22.1 Å². The average molecular weight is 528 g/mol. The Balaban J connectivity index is 1.54. The van der Waals surface area contributed by atoms with Gasteiger partial charge in [0, 0.05) is 16.9 Å². The topological polar surface area (TPSA) is 87.7 Å². The summed E-state index contributed by atoms with van der Waals surface area (Å²) in [5.41, 5.74) is 1.90. The molecule has 0 unspecified atom stereocenters. The Bertz CT molecular complexity index is 1410. The van der Waals surface area contributed by atoms with Crippen LogP contribution in [0.4, 0.5) is 21.5 Å². The molecule has 184 valence electrons. The van der Waals surface area contributed by atoms with Gasteiger partial charge in [0.1, 0.15) is 22.3 Å². The maximum absolute atomic E-state index is 13.5. The number of hydrogen-bond acceptors (Lipinski definition) is 5. The molecule has 0 atom stereocenters. The molecule has 3 aromatic carbocycles. The molecule has 7 nitrogen and oxygen atoms in total. The smallest absolute Gasteiger partial charge is 0.283 e. The van der Waals surface area contributed by atoms with Gasteiger partial charge in [0.15, 0.2) is 0 Å². The van der Waals surface area contributed by atoms with Gasteiger partial charge in [-0.1, -0.05) is 29.3 Å². The maximum Gasteiger partial charge on any atom is 0.283 e. The summed E-state index contributed by atoms with van der Waals surface area (Å²) >= 11 is 12.0. The summed E-state index contributed by atoms with van der Waals surface area (Å²) in [6.07, 6.45) is 0. The fraction of sp³-hybridized carbons (Fsp3) is 0.115. The van der Waals surface area contributed by atoms with Crippen LogP contribution in [0.2, 0.25) is 5.02 Å². The number of anilines is 3. The standard InChI is InChI=1S/C26H20Cl2FN3O4/c1-3-36-18-9-6-16(7-10-18)30-24(33)15-5-4-14(2)21(12-15)31-23-22(28)25(34)32(26(23)35)17-8-11-20(29)19(27)13-17/h4-13,31H,3H2,1-2H3,(H,30,33). The predicted molar refractivity (Wildman–Crippen MR) is 137 cm³/mol. The van der Waals surface area contributed by atoms with Gasteiger partial charge in [-0.25, -0.2) is 9.29 Å². The molecule has 0 aliphatic carbocycles. The third-order valence-electron chi connectivity index (χ3n) is 5.37. The van der Waals surface area contributed by atoms with Gasteiger partial charge >= 0.3 is 0 Å². The highest BCUT2D eigenvalue weighted by molar-refractivity contribution is 6.53. The lowest BCUT2D eigenvalue weighted by molar-refractivity contribution is -0.120. The van der Waals surface area contributed by atoms with E-state index in [0.717, 1.165) is 17.0 Å². The van der Waals surface area contributed by atoms with Crippen LogP contribution in [-0.4, -0.2) is 24.3 Å². The summed E-state index contributed by atoms with van der Waals surface area (Å²) in [4.78, 5) is 39.4. The van der Waals surface area contributed by atoms with E-state index in [1.54, 1.807) is 49.4 Å². The Hall–Kier alpha value is -3.88. The minimum Gasteiger partial charge on any atom is -0.494 e. The molecule has 3 amide bonds. The van der Waals surface area contributed by atoms with Crippen LogP contribution in [-0.2, 0) is 9.59 Å². The number of nitrogens with zero attached hydrogens (tertiary/aromatic N) is 1. The van der Waals surface area contributed by atoms with Crippen molar-refractivity contribution in [1.82, 2.24) is 0 Å². The number of rotatable bonds is 7. The molecule has 1 aliphatic rings. The molecular formula is C26H20Cl2FN3O4. The Labute approximate surface area is 216 Å². The van der Waals surface area contributed by atoms with Gasteiger partial charge in [-0.05, 0) is 74.0 Å². The number of carbonyl (C=O) groups excluding carboxylic acids is 3. The minimum atomic E-state index is -0.783. The van der Waals surface area contributed by atoms with Gasteiger partial charge in [0.25, 0.3) is 17.7 Å². The Morgan fingerprint density at radius 1 is 1.00 bits per heavy atom. The van der Waals surface area contributed by atoms with Crippen molar-refractivity contribution in [3.05, 3.63) is 93.4 Å². The molecule has 1 heterocycles. The van der Waals surface area contributed by atoms with Crippen LogP contribution < -0.4 is 20.3 Å². The number of benzene rings is 3. The lowest BCUT2D eigenvalue weighted by Crippen LogP contribution is -2.32. The molecule has 0 aromatic heterocycles. The summed E-state index contributed by atoms with van der Waals surface area (Å²) < 4.78 is 18.9. The van der Waals surface area contributed by atoms with Crippen LogP contribution in [0.15, 0.2) is 71.4 Å². The zero-order chi connectivity index (χ0) is 26.0. The third kappa shape index (κ3) is 5.05. The SMILES string of the molecule is CCOc1ccc(NC(=O)c2ccc(C)c(NC3=C(Cl)C(=O)N(c4ccc(F)c(Cl)c4)C3=O)c2)cc1. The van der Waals surface area contributed by atoms with E-state index in [-0.39, 0.29) is 27.3 Å². The monoisotopic (exact) mass is 527 g/mol. The van der Waals surface area contributed by atoms with E-state index in [4.69, 9.17) is 27.9 Å². The van der Waals surface area contributed by atoms with Crippen molar-refractivity contribution >= 4 is 58.0 Å². The normalized spacial score (nSPS) is 13.3. The lowest BCUT2D eigenvalue weighted by atomic mass is 10.1. The van der Waals surface area contributed by atoms with E-state index in [1.165, 1.54) is 6.07 Å².